The van der Waals surface area contributed by atoms with Crippen LogP contribution in [0.1, 0.15) is 369 Å². The first-order valence-corrected chi connectivity index (χ1v) is 50.5. The number of nitrogens with two attached hydrogens (primary N) is 4. The summed E-state index contributed by atoms with van der Waals surface area (Å²) in [7, 11) is 0. The van der Waals surface area contributed by atoms with Gasteiger partial charge in [0.25, 0.3) is 0 Å². The highest BCUT2D eigenvalue weighted by atomic mass is 16.6. The van der Waals surface area contributed by atoms with Crippen LogP contribution in [0.25, 0.3) is 43.1 Å². The van der Waals surface area contributed by atoms with Crippen LogP contribution in [0.2, 0.25) is 0 Å². The summed E-state index contributed by atoms with van der Waals surface area (Å²) in [6.07, 6.45) is 33.9. The molecule has 140 heavy (non-hydrogen) atoms. The van der Waals surface area contributed by atoms with Gasteiger partial charge in [-0.2, -0.15) is 0 Å². The Morgan fingerprint density at radius 3 is 0.657 bits per heavy atom. The van der Waals surface area contributed by atoms with Gasteiger partial charge < -0.3 is 60.8 Å². The number of cyclic esters (lactones) is 4. The summed E-state index contributed by atoms with van der Waals surface area (Å²) in [4.78, 5) is 106. The summed E-state index contributed by atoms with van der Waals surface area (Å²) < 4.78 is 46.8. The highest BCUT2D eigenvalue weighted by Crippen LogP contribution is 2.54. The average molecular weight is 1890 g/mol. The molecule has 28 heteroatoms. The molecule has 0 amide bonds. The fourth-order valence-electron chi connectivity index (χ4n) is 20.2. The number of hydrogen-bond acceptors (Lipinski definition) is 28. The fourth-order valence-corrected chi connectivity index (χ4v) is 20.2. The van der Waals surface area contributed by atoms with Gasteiger partial charge in [0.1, 0.15) is 46.8 Å². The first-order valence-electron chi connectivity index (χ1n) is 50.5. The van der Waals surface area contributed by atoms with E-state index >= 15 is 0 Å². The van der Waals surface area contributed by atoms with Gasteiger partial charge in [0.05, 0.1) is 66.6 Å². The quantitative estimate of drug-likeness (QED) is 0.0322. The molecule has 0 unspecified atom stereocenters. The maximum Gasteiger partial charge on any atom is 0.340 e. The summed E-state index contributed by atoms with van der Waals surface area (Å²) in [5.41, 5.74) is 41.7. The van der Waals surface area contributed by atoms with E-state index in [0.29, 0.717) is 95.1 Å². The Labute approximate surface area is 816 Å². The van der Waals surface area contributed by atoms with Crippen molar-refractivity contribution in [1.29, 1.82) is 0 Å². The van der Waals surface area contributed by atoms with Gasteiger partial charge in [0.15, 0.2) is 0 Å². The topological polar surface area (TPSA) is 401 Å². The third-order valence-corrected chi connectivity index (χ3v) is 32.4. The third-order valence-electron chi connectivity index (χ3n) is 32.4. The van der Waals surface area contributed by atoms with Crippen molar-refractivity contribution in [2.75, 3.05) is 0 Å². The first kappa shape index (κ1) is 94.0. The summed E-state index contributed by atoms with van der Waals surface area (Å²) in [6, 6.07) is 23.3. The predicted octanol–water partition coefficient (Wildman–Crippen LogP) is 19.2. The number of aromatic nitrogens is 12. The minimum absolute atomic E-state index is 0.0462. The average Bonchev–Trinajstić information content (AvgIpc) is 1.57. The van der Waals surface area contributed by atoms with Crippen LogP contribution >= 0.6 is 0 Å². The second-order valence-electron chi connectivity index (χ2n) is 44.5. The van der Waals surface area contributed by atoms with Crippen LogP contribution < -0.4 is 41.9 Å². The van der Waals surface area contributed by atoms with E-state index in [4.69, 9.17) is 121 Å². The second kappa shape index (κ2) is 34.9. The van der Waals surface area contributed by atoms with E-state index in [1.54, 1.807) is 0 Å². The third kappa shape index (κ3) is 18.7. The zero-order chi connectivity index (χ0) is 98.1. The largest absolute Gasteiger partial charge is 0.471 e. The Bertz CT molecular complexity index is 6200. The van der Waals surface area contributed by atoms with Crippen LogP contribution in [0, 0.1) is 23.7 Å². The molecule has 8 aliphatic carbocycles. The van der Waals surface area contributed by atoms with Gasteiger partial charge in [0.2, 0.25) is 23.5 Å². The fraction of sp³-hybridized carbons (Fsp3) is 0.500. The molecule has 4 aliphatic heterocycles. The Hall–Kier alpha value is -12.2. The lowest BCUT2D eigenvalue weighted by Gasteiger charge is -2.28. The van der Waals surface area contributed by atoms with E-state index in [1.165, 1.54) is 0 Å². The van der Waals surface area contributed by atoms with Gasteiger partial charge in [-0.05, 0) is 326 Å². The van der Waals surface area contributed by atoms with Crippen LogP contribution in [-0.2, 0) is 66.8 Å². The Morgan fingerprint density at radius 2 is 0.479 bits per heavy atom. The minimum atomic E-state index is -0.456. The Morgan fingerprint density at radius 1 is 0.286 bits per heavy atom. The van der Waals surface area contributed by atoms with Crippen molar-refractivity contribution >= 4 is 67.0 Å². The zero-order valence-corrected chi connectivity index (χ0v) is 83.2. The SMILES string of the molecule is C[C@@H]1OC(=O)c2ccc(Cc3cc4c([C@@](C)(N)C5CC5)cnc(OC5(C)CC5)c4cn3)nc2[C@@H]1C.C[C@@H]1OC(=O)c2ccc(Cc3cc4c([C@](C)(N)C5CC5)cnc(OC5(C)CC5)c4cn3)nc2[C@@H]1C.C[C@@H]1c2nc(Cc3cc4c([C@@](C)(N)C5CC5)cnc(OC5(C)CC5)c4cn3)ccc2C(=O)O[C@@H]1C.C[C@@H]1c2nc(Cc3cc4c([C@](C)(N)C5CC5)cnc(OC5(C)CC5)c4cn3)ccc2C(=O)O[C@@H]1C. The van der Waals surface area contributed by atoms with E-state index in [0.717, 1.165) is 236 Å². The molecule has 0 saturated heterocycles. The van der Waals surface area contributed by atoms with Crippen molar-refractivity contribution in [3.63, 3.8) is 0 Å². The monoisotopic (exact) mass is 1890 g/mol. The maximum atomic E-state index is 12.3. The number of rotatable bonds is 24. The number of ether oxygens (including phenoxy) is 8. The highest BCUT2D eigenvalue weighted by Gasteiger charge is 2.50. The standard InChI is InChI=1S/4C28H32N4O3/c4*1-15-16(2)34-26(33)20-8-7-18(32-24(15)20)11-19-12-21-22(13-30-19)25(35-27(3)9-10-27)31-14-23(21)28(4,29)17-5-6-17/h4*7-8,12-17H,5-6,9-11,29H2,1-4H3/t2*15-,16+,28+;2*15-,16+,28-/m1010/s1. The van der Waals surface area contributed by atoms with Crippen LogP contribution in [0.3, 0.4) is 0 Å². The molecule has 24 rings (SSSR count). The van der Waals surface area contributed by atoms with Crippen LogP contribution in [0.15, 0.2) is 122 Å². The molecule has 0 bridgehead atoms. The smallest absolute Gasteiger partial charge is 0.340 e. The van der Waals surface area contributed by atoms with Gasteiger partial charge in [0, 0.05) is 167 Å². The van der Waals surface area contributed by atoms with Crippen molar-refractivity contribution in [1.82, 2.24) is 59.8 Å². The van der Waals surface area contributed by atoms with Crippen molar-refractivity contribution in [2.24, 2.45) is 46.6 Å². The van der Waals surface area contributed by atoms with E-state index in [-0.39, 0.29) is 94.4 Å². The highest BCUT2D eigenvalue weighted by molar-refractivity contribution is 5.96. The van der Waals surface area contributed by atoms with E-state index in [9.17, 15) is 19.2 Å². The second-order valence-corrected chi connectivity index (χ2v) is 44.5. The predicted molar refractivity (Wildman–Crippen MR) is 530 cm³/mol. The number of pyridine rings is 12. The van der Waals surface area contributed by atoms with Gasteiger partial charge in [-0.15, -0.1) is 0 Å². The van der Waals surface area contributed by atoms with Gasteiger partial charge >= 0.3 is 23.9 Å². The van der Waals surface area contributed by atoms with E-state index < -0.39 is 22.2 Å². The lowest BCUT2D eigenvalue weighted by atomic mass is 9.86. The number of fused-ring (bicyclic) bond motifs is 8. The molecule has 12 aliphatic rings. The van der Waals surface area contributed by atoms with Crippen LogP contribution in [0.4, 0.5) is 0 Å². The van der Waals surface area contributed by atoms with Gasteiger partial charge in [-0.3, -0.25) is 39.9 Å². The summed E-state index contributed by atoms with van der Waals surface area (Å²) in [6.45, 7) is 32.7. The molecule has 0 radical (unpaired) electrons. The number of hydrogen-bond donors (Lipinski definition) is 4. The number of esters is 4. The molecular formula is C112H128N16O12. The molecule has 16 heterocycles. The van der Waals surface area contributed by atoms with Crippen molar-refractivity contribution in [3.05, 3.63) is 235 Å². The minimum Gasteiger partial charge on any atom is -0.471 e. The number of carbonyl (C=O) groups is 4. The molecule has 728 valence electrons. The first-order chi connectivity index (χ1) is 66.6. The molecule has 0 spiro atoms. The van der Waals surface area contributed by atoms with Crippen molar-refractivity contribution in [3.8, 4) is 23.5 Å². The van der Waals surface area contributed by atoms with Gasteiger partial charge in [-0.1, -0.05) is 27.7 Å². The maximum absolute atomic E-state index is 12.3. The molecule has 12 atom stereocenters. The molecule has 8 N–H and O–H groups in total. The molecule has 12 aromatic rings. The zero-order valence-electron chi connectivity index (χ0n) is 83.2. The normalized spacial score (nSPS) is 24.4. The van der Waals surface area contributed by atoms with Gasteiger partial charge in [-0.25, -0.2) is 39.1 Å². The molecule has 12 aromatic heterocycles. The molecule has 0 aromatic carbocycles. The Kier molecular flexibility index (Phi) is 23.4. The summed E-state index contributed by atoms with van der Waals surface area (Å²) in [5.74, 6) is 3.33. The van der Waals surface area contributed by atoms with Crippen LogP contribution in [-0.4, -0.2) is 131 Å². The number of nitrogens with zero attached hydrogens (tertiary/aromatic N) is 12. The Balaban J connectivity index is 0.000000111. The molecule has 8 fully saturated rings. The van der Waals surface area contributed by atoms with Crippen molar-refractivity contribution < 1.29 is 57.1 Å². The summed E-state index contributed by atoms with van der Waals surface area (Å²) >= 11 is 0. The summed E-state index contributed by atoms with van der Waals surface area (Å²) in [5, 5.41) is 7.80. The molecule has 28 nitrogen and oxygen atoms in total. The number of carbonyl (C=O) groups excluding carboxylic acids is 4. The molecular weight excluding hydrogens is 1760 g/mol. The van der Waals surface area contributed by atoms with Crippen LogP contribution in [0.5, 0.6) is 23.5 Å². The lowest BCUT2D eigenvalue weighted by molar-refractivity contribution is 0.0225. The van der Waals surface area contributed by atoms with Crippen molar-refractivity contribution in [2.45, 2.75) is 332 Å². The van der Waals surface area contributed by atoms with E-state index in [1.807, 2.05) is 153 Å². The lowest BCUT2D eigenvalue weighted by Crippen LogP contribution is -2.36. The van der Waals surface area contributed by atoms with E-state index in [2.05, 4.69) is 79.7 Å². The molecule has 8 saturated carbocycles.